The monoisotopic (exact) mass is 135 g/mol. The van der Waals surface area contributed by atoms with Crippen LogP contribution in [0.5, 0.6) is 0 Å². The SMILES string of the molecule is CCCC/C=C/[NH3+].[Cl-]. The van der Waals surface area contributed by atoms with E-state index < -0.39 is 0 Å². The minimum atomic E-state index is 0. The van der Waals surface area contributed by atoms with Gasteiger partial charge in [0.25, 0.3) is 0 Å². The van der Waals surface area contributed by atoms with Gasteiger partial charge in [-0.2, -0.15) is 0 Å². The topological polar surface area (TPSA) is 27.6 Å². The molecule has 0 saturated heterocycles. The van der Waals surface area contributed by atoms with E-state index >= 15 is 0 Å². The van der Waals surface area contributed by atoms with Crippen LogP contribution in [-0.4, -0.2) is 0 Å². The van der Waals surface area contributed by atoms with E-state index in [1.807, 2.05) is 6.20 Å². The molecule has 0 rings (SSSR count). The second-order valence-electron chi connectivity index (χ2n) is 1.61. The van der Waals surface area contributed by atoms with Gasteiger partial charge in [-0.3, -0.25) is 0 Å². The summed E-state index contributed by atoms with van der Waals surface area (Å²) < 4.78 is 0. The van der Waals surface area contributed by atoms with E-state index in [0.717, 1.165) is 0 Å². The second kappa shape index (κ2) is 10.1. The molecule has 0 unspecified atom stereocenters. The third-order valence-corrected chi connectivity index (χ3v) is 0.891. The highest BCUT2D eigenvalue weighted by molar-refractivity contribution is 4.68. The minimum Gasteiger partial charge on any atom is -1.00 e. The van der Waals surface area contributed by atoms with E-state index in [4.69, 9.17) is 0 Å². The third-order valence-electron chi connectivity index (χ3n) is 0.891. The van der Waals surface area contributed by atoms with E-state index in [-0.39, 0.29) is 12.4 Å². The lowest BCUT2D eigenvalue weighted by Gasteiger charge is -1.82. The molecule has 0 radical (unpaired) electrons. The van der Waals surface area contributed by atoms with Crippen molar-refractivity contribution in [3.63, 3.8) is 0 Å². The summed E-state index contributed by atoms with van der Waals surface area (Å²) in [4.78, 5) is 0. The van der Waals surface area contributed by atoms with Crippen LogP contribution in [-0.2, 0) is 0 Å². The van der Waals surface area contributed by atoms with Gasteiger partial charge in [-0.25, -0.2) is 0 Å². The molecule has 0 heterocycles. The first-order valence-corrected chi connectivity index (χ1v) is 2.86. The number of quaternary nitrogens is 1. The Morgan fingerprint density at radius 1 is 1.50 bits per heavy atom. The van der Waals surface area contributed by atoms with Crippen molar-refractivity contribution in [3.8, 4) is 0 Å². The average Bonchev–Trinajstić information content (AvgIpc) is 1.69. The van der Waals surface area contributed by atoms with Gasteiger partial charge in [0.2, 0.25) is 0 Å². The zero-order valence-corrected chi connectivity index (χ0v) is 6.12. The summed E-state index contributed by atoms with van der Waals surface area (Å²) in [5.41, 5.74) is 3.58. The van der Waals surface area contributed by atoms with Crippen LogP contribution in [0.3, 0.4) is 0 Å². The van der Waals surface area contributed by atoms with Crippen LogP contribution in [0.4, 0.5) is 0 Å². The van der Waals surface area contributed by atoms with Gasteiger partial charge in [-0.15, -0.1) is 0 Å². The molecule has 0 aromatic rings. The summed E-state index contributed by atoms with van der Waals surface area (Å²) in [6.07, 6.45) is 7.73. The first-order valence-electron chi connectivity index (χ1n) is 2.86. The number of hydrogen-bond acceptors (Lipinski definition) is 0. The Kier molecular flexibility index (Phi) is 13.7. The normalized spacial score (nSPS) is 9.25. The quantitative estimate of drug-likeness (QED) is 0.431. The Balaban J connectivity index is 0. The summed E-state index contributed by atoms with van der Waals surface area (Å²) in [7, 11) is 0. The molecule has 0 aromatic heterocycles. The Hall–Kier alpha value is -0.0100. The summed E-state index contributed by atoms with van der Waals surface area (Å²) in [5.74, 6) is 0. The molecular formula is C6H14ClN. The fraction of sp³-hybridized carbons (Fsp3) is 0.667. The van der Waals surface area contributed by atoms with Crippen LogP contribution < -0.4 is 18.1 Å². The van der Waals surface area contributed by atoms with Crippen LogP contribution in [0.15, 0.2) is 12.3 Å². The first kappa shape index (κ1) is 10.9. The van der Waals surface area contributed by atoms with E-state index in [2.05, 4.69) is 18.7 Å². The highest BCUT2D eigenvalue weighted by Crippen LogP contribution is 1.92. The van der Waals surface area contributed by atoms with Crippen LogP contribution in [0.25, 0.3) is 0 Å². The zero-order valence-electron chi connectivity index (χ0n) is 5.36. The standard InChI is InChI=1S/C6H13N.ClH/c1-2-3-4-5-6-7;/h5-6H,2-4,7H2,1H3;1H/b6-5+;. The highest BCUT2D eigenvalue weighted by atomic mass is 35.5. The molecule has 0 aliphatic rings. The molecule has 0 bridgehead atoms. The highest BCUT2D eigenvalue weighted by Gasteiger charge is 1.74. The molecule has 0 aliphatic carbocycles. The summed E-state index contributed by atoms with van der Waals surface area (Å²) >= 11 is 0. The summed E-state index contributed by atoms with van der Waals surface area (Å²) in [5, 5.41) is 0. The van der Waals surface area contributed by atoms with Gasteiger partial charge >= 0.3 is 0 Å². The van der Waals surface area contributed by atoms with Crippen molar-refractivity contribution in [1.29, 1.82) is 0 Å². The van der Waals surface area contributed by atoms with E-state index in [1.54, 1.807) is 0 Å². The minimum absolute atomic E-state index is 0. The predicted molar refractivity (Wildman–Crippen MR) is 31.6 cm³/mol. The molecule has 2 heteroatoms. The number of halogens is 1. The molecule has 0 saturated carbocycles. The summed E-state index contributed by atoms with van der Waals surface area (Å²) in [6, 6.07) is 0. The fourth-order valence-electron chi connectivity index (χ4n) is 0.440. The lowest BCUT2D eigenvalue weighted by atomic mass is 10.2. The number of allylic oxidation sites excluding steroid dienone is 1. The maximum Gasteiger partial charge on any atom is 0.0868 e. The molecular weight excluding hydrogens is 122 g/mol. The Morgan fingerprint density at radius 3 is 2.50 bits per heavy atom. The number of rotatable bonds is 3. The Bertz CT molecular complexity index is 52.5. The van der Waals surface area contributed by atoms with Crippen LogP contribution in [0.2, 0.25) is 0 Å². The molecule has 1 nitrogen and oxygen atoms in total. The van der Waals surface area contributed by atoms with Gasteiger partial charge < -0.3 is 18.1 Å². The lowest BCUT2D eigenvalue weighted by molar-refractivity contribution is -0.275. The van der Waals surface area contributed by atoms with Gasteiger partial charge in [0.15, 0.2) is 0 Å². The summed E-state index contributed by atoms with van der Waals surface area (Å²) in [6.45, 7) is 2.19. The molecule has 0 fully saturated rings. The van der Waals surface area contributed by atoms with Gasteiger partial charge in [-0.1, -0.05) is 13.3 Å². The van der Waals surface area contributed by atoms with Crippen molar-refractivity contribution in [1.82, 2.24) is 0 Å². The maximum absolute atomic E-state index is 3.58. The number of hydrogen-bond donors (Lipinski definition) is 1. The molecule has 0 spiro atoms. The van der Waals surface area contributed by atoms with Gasteiger partial charge in [0.1, 0.15) is 0 Å². The van der Waals surface area contributed by atoms with Crippen LogP contribution >= 0.6 is 0 Å². The number of unbranched alkanes of at least 4 members (excludes halogenated alkanes) is 2. The predicted octanol–water partition coefficient (Wildman–Crippen LogP) is -2.06. The molecule has 50 valence electrons. The second-order valence-corrected chi connectivity index (χ2v) is 1.61. The molecule has 3 N–H and O–H groups in total. The van der Waals surface area contributed by atoms with Gasteiger partial charge in [0.05, 0.1) is 6.20 Å². The molecule has 8 heavy (non-hydrogen) atoms. The van der Waals surface area contributed by atoms with Crippen molar-refractivity contribution < 1.29 is 18.1 Å². The first-order chi connectivity index (χ1) is 3.41. The molecule has 0 aromatic carbocycles. The lowest BCUT2D eigenvalue weighted by Crippen LogP contribution is -3.00. The van der Waals surface area contributed by atoms with Crippen molar-refractivity contribution in [3.05, 3.63) is 12.3 Å². The average molecular weight is 136 g/mol. The smallest absolute Gasteiger partial charge is 0.0868 e. The van der Waals surface area contributed by atoms with Crippen LogP contribution in [0.1, 0.15) is 26.2 Å². The zero-order chi connectivity index (χ0) is 5.54. The largest absolute Gasteiger partial charge is 1.00 e. The van der Waals surface area contributed by atoms with E-state index in [0.29, 0.717) is 0 Å². The molecule has 0 atom stereocenters. The van der Waals surface area contributed by atoms with Crippen molar-refractivity contribution in [2.75, 3.05) is 0 Å². The fourth-order valence-corrected chi connectivity index (χ4v) is 0.440. The molecule has 0 amide bonds. The van der Waals surface area contributed by atoms with Crippen LogP contribution in [0, 0.1) is 0 Å². The van der Waals surface area contributed by atoms with E-state index in [9.17, 15) is 0 Å². The Labute approximate surface area is 57.4 Å². The van der Waals surface area contributed by atoms with Gasteiger partial charge in [0, 0.05) is 0 Å². The maximum atomic E-state index is 3.58. The van der Waals surface area contributed by atoms with Crippen molar-refractivity contribution in [2.45, 2.75) is 26.2 Å². The Morgan fingerprint density at radius 2 is 2.12 bits per heavy atom. The third kappa shape index (κ3) is 9.37. The van der Waals surface area contributed by atoms with Crippen molar-refractivity contribution >= 4 is 0 Å². The van der Waals surface area contributed by atoms with Gasteiger partial charge in [-0.05, 0) is 18.9 Å². The van der Waals surface area contributed by atoms with Crippen molar-refractivity contribution in [2.24, 2.45) is 0 Å². The molecule has 0 aliphatic heterocycles. The van der Waals surface area contributed by atoms with E-state index in [1.165, 1.54) is 19.3 Å².